The zero-order valence-electron chi connectivity index (χ0n) is 14.6. The number of hydrogen-bond acceptors (Lipinski definition) is 3. The van der Waals surface area contributed by atoms with Gasteiger partial charge in [-0.05, 0) is 55.6 Å². The number of carboxylic acids is 1. The van der Waals surface area contributed by atoms with E-state index < -0.39 is 23.8 Å². The Balaban J connectivity index is 0.000000345. The van der Waals surface area contributed by atoms with Crippen molar-refractivity contribution < 1.29 is 31.9 Å². The van der Waals surface area contributed by atoms with E-state index in [0.717, 1.165) is 36.9 Å². The topological polar surface area (TPSA) is 49.3 Å². The standard InChI is InChI=1S/C17H17F2NS.C2HF3O2/c18-13-5-6-17(15(19)11-13)21-16-4-2-1-3-14(16)12-7-9-20-10-8-12;3-2(4,5)1(6)7/h1-6,11-12,20H,7-10H2;(H,6,7). The van der Waals surface area contributed by atoms with Gasteiger partial charge in [0.25, 0.3) is 0 Å². The molecule has 1 heterocycles. The molecule has 1 fully saturated rings. The summed E-state index contributed by atoms with van der Waals surface area (Å²) < 4.78 is 58.6. The molecule has 0 aromatic heterocycles. The van der Waals surface area contributed by atoms with E-state index in [1.807, 2.05) is 18.2 Å². The molecule has 2 aromatic rings. The van der Waals surface area contributed by atoms with Gasteiger partial charge in [0.05, 0.1) is 0 Å². The van der Waals surface area contributed by atoms with Crippen LogP contribution in [0.15, 0.2) is 52.3 Å². The minimum Gasteiger partial charge on any atom is -0.475 e. The van der Waals surface area contributed by atoms with Crippen molar-refractivity contribution in [3.63, 3.8) is 0 Å². The van der Waals surface area contributed by atoms with Crippen LogP contribution in [-0.4, -0.2) is 30.3 Å². The van der Waals surface area contributed by atoms with Crippen molar-refractivity contribution in [3.05, 3.63) is 59.7 Å². The van der Waals surface area contributed by atoms with Crippen LogP contribution in [0.5, 0.6) is 0 Å². The monoisotopic (exact) mass is 419 g/mol. The lowest BCUT2D eigenvalue weighted by Crippen LogP contribution is -2.26. The summed E-state index contributed by atoms with van der Waals surface area (Å²) in [5.74, 6) is -3.28. The highest BCUT2D eigenvalue weighted by Gasteiger charge is 2.38. The molecule has 0 unspecified atom stereocenters. The third-order valence-corrected chi connectivity index (χ3v) is 5.20. The third-order valence-electron chi connectivity index (χ3n) is 4.05. The molecule has 0 amide bonds. The minimum atomic E-state index is -5.08. The Kier molecular flexibility index (Phi) is 7.82. The molecule has 1 saturated heterocycles. The molecule has 0 spiro atoms. The van der Waals surface area contributed by atoms with E-state index in [9.17, 15) is 22.0 Å². The van der Waals surface area contributed by atoms with Gasteiger partial charge in [-0.3, -0.25) is 0 Å². The Morgan fingerprint density at radius 2 is 1.64 bits per heavy atom. The van der Waals surface area contributed by atoms with Crippen molar-refractivity contribution in [2.24, 2.45) is 0 Å². The van der Waals surface area contributed by atoms with Crippen molar-refractivity contribution in [1.29, 1.82) is 0 Å². The highest BCUT2D eigenvalue weighted by atomic mass is 32.2. The number of rotatable bonds is 3. The van der Waals surface area contributed by atoms with Crippen LogP contribution in [0, 0.1) is 11.6 Å². The van der Waals surface area contributed by atoms with Crippen LogP contribution in [0.25, 0.3) is 0 Å². The molecular formula is C19H18F5NO2S. The Hall–Kier alpha value is -2.13. The van der Waals surface area contributed by atoms with E-state index in [4.69, 9.17) is 9.90 Å². The SMILES string of the molecule is Fc1ccc(Sc2ccccc2C2CCNCC2)c(F)c1.O=C(O)C(F)(F)F. The molecular weight excluding hydrogens is 401 g/mol. The molecule has 2 N–H and O–H groups in total. The fraction of sp³-hybridized carbons (Fsp3) is 0.316. The second-order valence-corrected chi connectivity index (χ2v) is 7.13. The van der Waals surface area contributed by atoms with Crippen molar-refractivity contribution in [1.82, 2.24) is 5.32 Å². The molecule has 28 heavy (non-hydrogen) atoms. The molecule has 1 aliphatic rings. The van der Waals surface area contributed by atoms with Gasteiger partial charge in [-0.2, -0.15) is 13.2 Å². The predicted molar refractivity (Wildman–Crippen MR) is 95.5 cm³/mol. The number of nitrogens with one attached hydrogen (secondary N) is 1. The van der Waals surface area contributed by atoms with Gasteiger partial charge in [0.2, 0.25) is 0 Å². The second kappa shape index (κ2) is 9.88. The van der Waals surface area contributed by atoms with Crippen LogP contribution in [0.2, 0.25) is 0 Å². The summed E-state index contributed by atoms with van der Waals surface area (Å²) in [5, 5.41) is 10.5. The molecule has 0 aliphatic carbocycles. The maximum Gasteiger partial charge on any atom is 0.490 e. The number of alkyl halides is 3. The van der Waals surface area contributed by atoms with Gasteiger partial charge in [-0.25, -0.2) is 13.6 Å². The molecule has 3 nitrogen and oxygen atoms in total. The van der Waals surface area contributed by atoms with E-state index in [2.05, 4.69) is 11.4 Å². The molecule has 0 saturated carbocycles. The summed E-state index contributed by atoms with van der Waals surface area (Å²) in [4.78, 5) is 10.4. The molecule has 0 atom stereocenters. The van der Waals surface area contributed by atoms with Gasteiger partial charge in [0, 0.05) is 15.9 Å². The molecule has 0 radical (unpaired) electrons. The molecule has 1 aliphatic heterocycles. The molecule has 2 aromatic carbocycles. The van der Waals surface area contributed by atoms with Gasteiger partial charge in [-0.15, -0.1) is 0 Å². The summed E-state index contributed by atoms with van der Waals surface area (Å²) in [6.07, 6.45) is -2.88. The van der Waals surface area contributed by atoms with Crippen molar-refractivity contribution in [2.75, 3.05) is 13.1 Å². The van der Waals surface area contributed by atoms with E-state index in [-0.39, 0.29) is 0 Å². The van der Waals surface area contributed by atoms with Gasteiger partial charge in [0.1, 0.15) is 11.6 Å². The third kappa shape index (κ3) is 6.49. The second-order valence-electron chi connectivity index (χ2n) is 6.04. The lowest BCUT2D eigenvalue weighted by Gasteiger charge is -2.25. The van der Waals surface area contributed by atoms with Crippen LogP contribution < -0.4 is 5.32 Å². The number of carbonyl (C=O) groups is 1. The van der Waals surface area contributed by atoms with E-state index >= 15 is 0 Å². The average molecular weight is 419 g/mol. The van der Waals surface area contributed by atoms with Crippen LogP contribution in [0.4, 0.5) is 22.0 Å². The van der Waals surface area contributed by atoms with E-state index in [1.54, 1.807) is 0 Å². The lowest BCUT2D eigenvalue weighted by molar-refractivity contribution is -0.192. The van der Waals surface area contributed by atoms with E-state index in [0.29, 0.717) is 10.8 Å². The first-order valence-electron chi connectivity index (χ1n) is 8.41. The molecule has 3 rings (SSSR count). The quantitative estimate of drug-likeness (QED) is 0.670. The molecule has 9 heteroatoms. The number of halogens is 5. The lowest BCUT2D eigenvalue weighted by atomic mass is 9.90. The molecule has 152 valence electrons. The van der Waals surface area contributed by atoms with Gasteiger partial charge in [0.15, 0.2) is 0 Å². The van der Waals surface area contributed by atoms with Gasteiger partial charge in [-0.1, -0.05) is 30.0 Å². The first-order chi connectivity index (χ1) is 13.2. The Bertz CT molecular complexity index is 807. The summed E-state index contributed by atoms with van der Waals surface area (Å²) in [5.41, 5.74) is 1.27. The van der Waals surface area contributed by atoms with Crippen LogP contribution in [-0.2, 0) is 4.79 Å². The Morgan fingerprint density at radius 3 is 2.21 bits per heavy atom. The summed E-state index contributed by atoms with van der Waals surface area (Å²) in [7, 11) is 0. The van der Waals surface area contributed by atoms with Crippen molar-refractivity contribution in [2.45, 2.75) is 34.7 Å². The van der Waals surface area contributed by atoms with Gasteiger partial charge >= 0.3 is 12.1 Å². The maximum absolute atomic E-state index is 13.8. The number of piperidine rings is 1. The van der Waals surface area contributed by atoms with Crippen molar-refractivity contribution >= 4 is 17.7 Å². The predicted octanol–water partition coefficient (Wildman–Crippen LogP) is 5.22. The summed E-state index contributed by atoms with van der Waals surface area (Å²) in [6.45, 7) is 2.04. The van der Waals surface area contributed by atoms with Gasteiger partial charge < -0.3 is 10.4 Å². The number of hydrogen-bond donors (Lipinski definition) is 2. The zero-order valence-corrected chi connectivity index (χ0v) is 15.4. The average Bonchev–Trinajstić information content (AvgIpc) is 2.65. The normalized spacial score (nSPS) is 14.9. The highest BCUT2D eigenvalue weighted by Crippen LogP contribution is 2.37. The maximum atomic E-state index is 13.8. The summed E-state index contributed by atoms with van der Waals surface area (Å²) >= 11 is 1.38. The van der Waals surface area contributed by atoms with Crippen molar-refractivity contribution in [3.8, 4) is 0 Å². The summed E-state index contributed by atoms with van der Waals surface area (Å²) in [6, 6.07) is 11.9. The van der Waals surface area contributed by atoms with Crippen LogP contribution >= 0.6 is 11.8 Å². The molecule has 0 bridgehead atoms. The minimum absolute atomic E-state index is 0.470. The first-order valence-corrected chi connectivity index (χ1v) is 9.23. The van der Waals surface area contributed by atoms with Crippen LogP contribution in [0.1, 0.15) is 24.3 Å². The largest absolute Gasteiger partial charge is 0.490 e. The van der Waals surface area contributed by atoms with Crippen LogP contribution in [0.3, 0.4) is 0 Å². The fourth-order valence-electron chi connectivity index (χ4n) is 2.72. The number of carboxylic acid groups (broad SMARTS) is 1. The Labute approximate surface area is 162 Å². The fourth-order valence-corrected chi connectivity index (χ4v) is 3.75. The smallest absolute Gasteiger partial charge is 0.475 e. The highest BCUT2D eigenvalue weighted by molar-refractivity contribution is 7.99. The first kappa shape index (κ1) is 22.2. The number of benzene rings is 2. The number of aliphatic carboxylic acids is 1. The zero-order chi connectivity index (χ0) is 20.7. The van der Waals surface area contributed by atoms with E-state index in [1.165, 1.54) is 29.5 Å². The Morgan fingerprint density at radius 1 is 1.04 bits per heavy atom.